The minimum absolute atomic E-state index is 0.121. The Morgan fingerprint density at radius 3 is 2.21 bits per heavy atom. The quantitative estimate of drug-likeness (QED) is 0.833. The van der Waals surface area contributed by atoms with Crippen LogP contribution in [-0.2, 0) is 0 Å². The molecular formula is C14H24BrN3O. The Labute approximate surface area is 123 Å². The molecule has 1 N–H and O–H groups in total. The molecule has 0 fully saturated rings. The number of aromatic amines is 1. The number of halogens is 1. The van der Waals surface area contributed by atoms with Crippen LogP contribution in [0.2, 0.25) is 0 Å². The molecule has 0 radical (unpaired) electrons. The molecule has 0 atom stereocenters. The van der Waals surface area contributed by atoms with E-state index in [4.69, 9.17) is 0 Å². The molecule has 4 nitrogen and oxygen atoms in total. The zero-order valence-corrected chi connectivity index (χ0v) is 13.8. The summed E-state index contributed by atoms with van der Waals surface area (Å²) in [6.07, 6.45) is 3.66. The normalized spacial score (nSPS) is 11.3. The summed E-state index contributed by atoms with van der Waals surface area (Å²) in [5.41, 5.74) is -0.121. The van der Waals surface area contributed by atoms with E-state index >= 15 is 0 Å². The number of hydrogen-bond acceptors (Lipinski definition) is 3. The van der Waals surface area contributed by atoms with Gasteiger partial charge in [0.15, 0.2) is 0 Å². The average Bonchev–Trinajstić information content (AvgIpc) is 2.33. The van der Waals surface area contributed by atoms with Crippen molar-refractivity contribution in [2.75, 3.05) is 18.0 Å². The maximum Gasteiger partial charge on any atom is 0.267 e. The van der Waals surface area contributed by atoms with Crippen LogP contribution in [0.5, 0.6) is 0 Å². The van der Waals surface area contributed by atoms with E-state index in [0.717, 1.165) is 31.7 Å². The van der Waals surface area contributed by atoms with Gasteiger partial charge in [0, 0.05) is 13.1 Å². The van der Waals surface area contributed by atoms with E-state index in [1.807, 2.05) is 0 Å². The van der Waals surface area contributed by atoms with E-state index in [0.29, 0.717) is 16.3 Å². The minimum Gasteiger partial charge on any atom is -0.355 e. The molecule has 0 saturated heterocycles. The zero-order chi connectivity index (χ0) is 14.4. The molecule has 0 aliphatic rings. The van der Waals surface area contributed by atoms with Gasteiger partial charge in [0.05, 0.1) is 6.33 Å². The first-order valence-electron chi connectivity index (χ1n) is 6.90. The lowest BCUT2D eigenvalue weighted by molar-refractivity contribution is 0.532. The Kier molecular flexibility index (Phi) is 6.55. The van der Waals surface area contributed by atoms with Crippen LogP contribution in [0.4, 0.5) is 5.82 Å². The van der Waals surface area contributed by atoms with Gasteiger partial charge in [-0.2, -0.15) is 0 Å². The topological polar surface area (TPSA) is 49.0 Å². The van der Waals surface area contributed by atoms with Crippen molar-refractivity contribution in [3.63, 3.8) is 0 Å². The number of anilines is 1. The Morgan fingerprint density at radius 1 is 1.21 bits per heavy atom. The zero-order valence-electron chi connectivity index (χ0n) is 12.2. The summed E-state index contributed by atoms with van der Waals surface area (Å²) in [5, 5.41) is 0. The van der Waals surface area contributed by atoms with Crippen LogP contribution in [0.1, 0.15) is 40.5 Å². The molecule has 1 rings (SSSR count). The maximum atomic E-state index is 11.7. The fraction of sp³-hybridized carbons (Fsp3) is 0.714. The van der Waals surface area contributed by atoms with Gasteiger partial charge in [0.25, 0.3) is 5.56 Å². The van der Waals surface area contributed by atoms with Gasteiger partial charge < -0.3 is 9.88 Å². The SMILES string of the molecule is CC(C)CCN(CCC(C)C)c1nc[nH]c(=O)c1Br. The average molecular weight is 330 g/mol. The molecule has 0 spiro atoms. The molecule has 19 heavy (non-hydrogen) atoms. The summed E-state index contributed by atoms with van der Waals surface area (Å²) in [5.74, 6) is 2.04. The highest BCUT2D eigenvalue weighted by atomic mass is 79.9. The van der Waals surface area contributed by atoms with Crippen molar-refractivity contribution >= 4 is 21.7 Å². The molecule has 108 valence electrons. The first kappa shape index (κ1) is 16.2. The summed E-state index contributed by atoms with van der Waals surface area (Å²) >= 11 is 3.35. The molecule has 5 heteroatoms. The van der Waals surface area contributed by atoms with Crippen molar-refractivity contribution in [3.05, 3.63) is 21.2 Å². The molecule has 1 aromatic heterocycles. The summed E-state index contributed by atoms with van der Waals surface area (Å²) in [4.78, 5) is 20.8. The summed E-state index contributed by atoms with van der Waals surface area (Å²) in [6, 6.07) is 0. The van der Waals surface area contributed by atoms with Gasteiger partial charge in [-0.15, -0.1) is 0 Å². The lowest BCUT2D eigenvalue weighted by Crippen LogP contribution is -2.30. The van der Waals surface area contributed by atoms with Crippen molar-refractivity contribution in [1.82, 2.24) is 9.97 Å². The Hall–Kier alpha value is -0.840. The lowest BCUT2D eigenvalue weighted by Gasteiger charge is -2.26. The van der Waals surface area contributed by atoms with Crippen molar-refractivity contribution in [1.29, 1.82) is 0 Å². The van der Waals surface area contributed by atoms with Crippen LogP contribution in [-0.4, -0.2) is 23.1 Å². The molecule has 0 aliphatic carbocycles. The molecule has 1 aromatic rings. The largest absolute Gasteiger partial charge is 0.355 e. The van der Waals surface area contributed by atoms with Crippen molar-refractivity contribution in [2.45, 2.75) is 40.5 Å². The molecule has 1 heterocycles. The summed E-state index contributed by atoms with van der Waals surface area (Å²) < 4.78 is 0.530. The number of rotatable bonds is 7. The molecule has 0 aliphatic heterocycles. The van der Waals surface area contributed by atoms with E-state index in [-0.39, 0.29) is 5.56 Å². The number of nitrogens with one attached hydrogen (secondary N) is 1. The summed E-state index contributed by atoms with van der Waals surface area (Å²) in [7, 11) is 0. The van der Waals surface area contributed by atoms with Crippen molar-refractivity contribution in [2.24, 2.45) is 11.8 Å². The van der Waals surface area contributed by atoms with Gasteiger partial charge in [-0.1, -0.05) is 27.7 Å². The molecule has 0 amide bonds. The van der Waals surface area contributed by atoms with Gasteiger partial charge in [-0.05, 0) is 40.6 Å². The van der Waals surface area contributed by atoms with Crippen LogP contribution in [0.3, 0.4) is 0 Å². The molecule has 0 aromatic carbocycles. The maximum absolute atomic E-state index is 11.7. The van der Waals surface area contributed by atoms with E-state index in [1.165, 1.54) is 6.33 Å². The predicted octanol–water partition coefficient (Wildman–Crippen LogP) is 3.43. The Bertz CT molecular complexity index is 431. The number of nitrogens with zero attached hydrogens (tertiary/aromatic N) is 2. The highest BCUT2D eigenvalue weighted by Gasteiger charge is 2.14. The minimum atomic E-state index is -0.121. The Morgan fingerprint density at radius 2 is 1.74 bits per heavy atom. The van der Waals surface area contributed by atoms with Gasteiger partial charge in [-0.25, -0.2) is 4.98 Å². The Balaban J connectivity index is 2.87. The standard InChI is InChI=1S/C14H24BrN3O/c1-10(2)5-7-18(8-6-11(3)4)13-12(15)14(19)17-9-16-13/h9-11H,5-8H2,1-4H3,(H,16,17,19). The monoisotopic (exact) mass is 329 g/mol. The van der Waals surface area contributed by atoms with Crippen LogP contribution in [0.15, 0.2) is 15.6 Å². The van der Waals surface area contributed by atoms with E-state index in [9.17, 15) is 4.79 Å². The van der Waals surface area contributed by atoms with Gasteiger partial charge in [-0.3, -0.25) is 4.79 Å². The van der Waals surface area contributed by atoms with Crippen molar-refractivity contribution in [3.8, 4) is 0 Å². The molecule has 0 saturated carbocycles. The van der Waals surface area contributed by atoms with Crippen molar-refractivity contribution < 1.29 is 0 Å². The third-order valence-electron chi connectivity index (χ3n) is 3.03. The first-order chi connectivity index (χ1) is 8.91. The second-order valence-electron chi connectivity index (χ2n) is 5.72. The fourth-order valence-electron chi connectivity index (χ4n) is 1.75. The molecule has 0 unspecified atom stereocenters. The van der Waals surface area contributed by atoms with Crippen LogP contribution in [0.25, 0.3) is 0 Å². The third-order valence-corrected chi connectivity index (χ3v) is 3.75. The highest BCUT2D eigenvalue weighted by Crippen LogP contribution is 2.21. The predicted molar refractivity (Wildman–Crippen MR) is 83.7 cm³/mol. The van der Waals surface area contributed by atoms with Gasteiger partial charge >= 0.3 is 0 Å². The fourth-order valence-corrected chi connectivity index (χ4v) is 2.21. The second-order valence-corrected chi connectivity index (χ2v) is 6.51. The lowest BCUT2D eigenvalue weighted by atomic mass is 10.1. The van der Waals surface area contributed by atoms with E-state index in [1.54, 1.807) is 0 Å². The number of H-pyrrole nitrogens is 1. The third kappa shape index (κ3) is 5.35. The van der Waals surface area contributed by atoms with Crippen LogP contribution in [0, 0.1) is 11.8 Å². The first-order valence-corrected chi connectivity index (χ1v) is 7.69. The van der Waals surface area contributed by atoms with E-state index < -0.39 is 0 Å². The van der Waals surface area contributed by atoms with E-state index in [2.05, 4.69) is 58.5 Å². The van der Waals surface area contributed by atoms with Gasteiger partial charge in [0.2, 0.25) is 0 Å². The summed E-state index contributed by atoms with van der Waals surface area (Å²) in [6.45, 7) is 10.7. The molecular weight excluding hydrogens is 306 g/mol. The second kappa shape index (κ2) is 7.68. The number of hydrogen-bond donors (Lipinski definition) is 1. The number of aromatic nitrogens is 2. The highest BCUT2D eigenvalue weighted by molar-refractivity contribution is 9.10. The van der Waals surface area contributed by atoms with Gasteiger partial charge in [0.1, 0.15) is 10.3 Å². The smallest absolute Gasteiger partial charge is 0.267 e. The molecule has 0 bridgehead atoms. The van der Waals surface area contributed by atoms with Crippen LogP contribution < -0.4 is 10.5 Å². The van der Waals surface area contributed by atoms with Crippen LogP contribution >= 0.6 is 15.9 Å².